The van der Waals surface area contributed by atoms with Gasteiger partial charge in [-0.2, -0.15) is 5.10 Å². The Labute approximate surface area is 145 Å². The monoisotopic (exact) mass is 341 g/mol. The van der Waals surface area contributed by atoms with Crippen molar-refractivity contribution in [3.63, 3.8) is 0 Å². The van der Waals surface area contributed by atoms with Gasteiger partial charge in [0.15, 0.2) is 11.6 Å². The number of aliphatic hydroxyl groups is 1. The lowest BCUT2D eigenvalue weighted by Crippen LogP contribution is -2.07. The second-order valence-corrected chi connectivity index (χ2v) is 5.69. The first kappa shape index (κ1) is 17.0. The maximum absolute atomic E-state index is 14.3. The molecule has 1 heterocycles. The molecule has 0 saturated heterocycles. The molecule has 0 amide bonds. The standard InChI is InChI=1S/C19H20FN3O2/c1-14(22-16-12-21-23(13-16)9-10-24)15-7-8-19(18(20)11-15)25-17-5-3-2-4-6-17/h2-8,11-14,22,24H,9-10H2,1H3. The summed E-state index contributed by atoms with van der Waals surface area (Å²) in [7, 11) is 0. The molecule has 3 rings (SSSR count). The molecule has 0 fully saturated rings. The van der Waals surface area contributed by atoms with Gasteiger partial charge >= 0.3 is 0 Å². The number of hydrogen-bond donors (Lipinski definition) is 2. The van der Waals surface area contributed by atoms with Crippen molar-refractivity contribution in [3.8, 4) is 11.5 Å². The Morgan fingerprint density at radius 2 is 2.04 bits per heavy atom. The van der Waals surface area contributed by atoms with Gasteiger partial charge in [0.05, 0.1) is 25.0 Å². The minimum absolute atomic E-state index is 0.0325. The summed E-state index contributed by atoms with van der Waals surface area (Å²) in [5.74, 6) is 0.375. The number of nitrogens with one attached hydrogen (secondary N) is 1. The fourth-order valence-electron chi connectivity index (χ4n) is 2.48. The molecule has 1 atom stereocenters. The highest BCUT2D eigenvalue weighted by Gasteiger charge is 2.11. The maximum atomic E-state index is 14.3. The summed E-state index contributed by atoms with van der Waals surface area (Å²) in [5, 5.41) is 16.3. The average Bonchev–Trinajstić information content (AvgIpc) is 3.05. The summed E-state index contributed by atoms with van der Waals surface area (Å²) >= 11 is 0. The number of para-hydroxylation sites is 1. The first-order valence-corrected chi connectivity index (χ1v) is 8.08. The molecule has 2 N–H and O–H groups in total. The van der Waals surface area contributed by atoms with Crippen LogP contribution in [0.2, 0.25) is 0 Å². The van der Waals surface area contributed by atoms with Crippen LogP contribution in [0.15, 0.2) is 60.9 Å². The fraction of sp³-hybridized carbons (Fsp3) is 0.211. The Kier molecular flexibility index (Phi) is 5.30. The van der Waals surface area contributed by atoms with E-state index in [0.29, 0.717) is 12.3 Å². The third-order valence-electron chi connectivity index (χ3n) is 3.77. The van der Waals surface area contributed by atoms with Crippen molar-refractivity contribution in [2.24, 2.45) is 0 Å². The first-order valence-electron chi connectivity index (χ1n) is 8.08. The van der Waals surface area contributed by atoms with Crippen LogP contribution in [-0.4, -0.2) is 21.5 Å². The van der Waals surface area contributed by atoms with Gasteiger partial charge in [0, 0.05) is 12.2 Å². The average molecular weight is 341 g/mol. The van der Waals surface area contributed by atoms with Crippen LogP contribution < -0.4 is 10.1 Å². The topological polar surface area (TPSA) is 59.3 Å². The molecule has 3 aromatic rings. The van der Waals surface area contributed by atoms with E-state index in [0.717, 1.165) is 11.3 Å². The van der Waals surface area contributed by atoms with Gasteiger partial charge in [0.25, 0.3) is 0 Å². The Morgan fingerprint density at radius 3 is 2.76 bits per heavy atom. The number of rotatable bonds is 7. The second kappa shape index (κ2) is 7.81. The predicted octanol–water partition coefficient (Wildman–Crippen LogP) is 3.98. The molecular weight excluding hydrogens is 321 g/mol. The maximum Gasteiger partial charge on any atom is 0.166 e. The van der Waals surface area contributed by atoms with E-state index in [2.05, 4.69) is 10.4 Å². The highest BCUT2D eigenvalue weighted by molar-refractivity contribution is 5.43. The summed E-state index contributed by atoms with van der Waals surface area (Å²) in [6.45, 7) is 2.41. The van der Waals surface area contributed by atoms with E-state index in [4.69, 9.17) is 9.84 Å². The summed E-state index contributed by atoms with van der Waals surface area (Å²) in [5.41, 5.74) is 1.61. The van der Waals surface area contributed by atoms with Crippen LogP contribution in [-0.2, 0) is 6.54 Å². The highest BCUT2D eigenvalue weighted by Crippen LogP contribution is 2.28. The molecule has 0 bridgehead atoms. The molecule has 0 radical (unpaired) electrons. The lowest BCUT2D eigenvalue weighted by molar-refractivity contribution is 0.269. The molecule has 6 heteroatoms. The van der Waals surface area contributed by atoms with Gasteiger partial charge in [-0.05, 0) is 36.8 Å². The first-order chi connectivity index (χ1) is 12.2. The zero-order chi connectivity index (χ0) is 17.6. The van der Waals surface area contributed by atoms with Gasteiger partial charge in [0.1, 0.15) is 5.75 Å². The van der Waals surface area contributed by atoms with Gasteiger partial charge in [-0.15, -0.1) is 0 Å². The number of aliphatic hydroxyl groups excluding tert-OH is 1. The molecule has 5 nitrogen and oxygen atoms in total. The number of anilines is 1. The van der Waals surface area contributed by atoms with Crippen LogP contribution in [0.3, 0.4) is 0 Å². The van der Waals surface area contributed by atoms with Crippen molar-refractivity contribution in [1.82, 2.24) is 9.78 Å². The number of hydrogen-bond acceptors (Lipinski definition) is 4. The van der Waals surface area contributed by atoms with Gasteiger partial charge in [-0.25, -0.2) is 4.39 Å². The largest absolute Gasteiger partial charge is 0.454 e. The number of nitrogens with zero attached hydrogens (tertiary/aromatic N) is 2. The Hall–Kier alpha value is -2.86. The predicted molar refractivity (Wildman–Crippen MR) is 94.3 cm³/mol. The molecule has 0 aliphatic heterocycles. The van der Waals surface area contributed by atoms with Crippen LogP contribution in [0.5, 0.6) is 11.5 Å². The number of benzene rings is 2. The zero-order valence-electron chi connectivity index (χ0n) is 13.9. The fourth-order valence-corrected chi connectivity index (χ4v) is 2.48. The summed E-state index contributed by atoms with van der Waals surface area (Å²) in [6.07, 6.45) is 3.48. The molecule has 0 spiro atoms. The van der Waals surface area contributed by atoms with Crippen LogP contribution in [0, 0.1) is 5.82 Å². The van der Waals surface area contributed by atoms with E-state index in [1.807, 2.05) is 31.2 Å². The summed E-state index contributed by atoms with van der Waals surface area (Å²) < 4.78 is 21.5. The van der Waals surface area contributed by atoms with Gasteiger partial charge in [-0.3, -0.25) is 4.68 Å². The summed E-state index contributed by atoms with van der Waals surface area (Å²) in [4.78, 5) is 0. The van der Waals surface area contributed by atoms with Crippen LogP contribution >= 0.6 is 0 Å². The molecule has 1 aromatic heterocycles. The van der Waals surface area contributed by atoms with Crippen molar-refractivity contribution >= 4 is 5.69 Å². The van der Waals surface area contributed by atoms with Crippen molar-refractivity contribution < 1.29 is 14.2 Å². The molecule has 2 aromatic carbocycles. The zero-order valence-corrected chi connectivity index (χ0v) is 13.9. The molecule has 25 heavy (non-hydrogen) atoms. The van der Waals surface area contributed by atoms with Gasteiger partial charge in [0.2, 0.25) is 0 Å². The van der Waals surface area contributed by atoms with Crippen molar-refractivity contribution in [2.75, 3.05) is 11.9 Å². The molecular formula is C19H20FN3O2. The minimum atomic E-state index is -0.411. The van der Waals surface area contributed by atoms with E-state index in [1.165, 1.54) is 6.07 Å². The summed E-state index contributed by atoms with van der Waals surface area (Å²) in [6, 6.07) is 13.9. The quantitative estimate of drug-likeness (QED) is 0.682. The Morgan fingerprint density at radius 1 is 1.24 bits per heavy atom. The van der Waals surface area contributed by atoms with E-state index in [1.54, 1.807) is 35.3 Å². The van der Waals surface area contributed by atoms with Gasteiger partial charge in [-0.1, -0.05) is 24.3 Å². The number of ether oxygens (including phenoxy) is 1. The molecule has 1 unspecified atom stereocenters. The molecule has 0 aliphatic carbocycles. The second-order valence-electron chi connectivity index (χ2n) is 5.69. The van der Waals surface area contributed by atoms with Crippen molar-refractivity contribution in [1.29, 1.82) is 0 Å². The Bertz CT molecular complexity index is 821. The number of aromatic nitrogens is 2. The van der Waals surface area contributed by atoms with Crippen molar-refractivity contribution in [3.05, 3.63) is 72.3 Å². The highest BCUT2D eigenvalue weighted by atomic mass is 19.1. The van der Waals surface area contributed by atoms with E-state index in [9.17, 15) is 4.39 Å². The normalized spacial score (nSPS) is 12.0. The van der Waals surface area contributed by atoms with Gasteiger partial charge < -0.3 is 15.2 Å². The Balaban J connectivity index is 1.68. The van der Waals surface area contributed by atoms with E-state index >= 15 is 0 Å². The number of halogens is 1. The van der Waals surface area contributed by atoms with Crippen LogP contribution in [0.25, 0.3) is 0 Å². The third-order valence-corrected chi connectivity index (χ3v) is 3.77. The smallest absolute Gasteiger partial charge is 0.166 e. The third kappa shape index (κ3) is 4.36. The molecule has 130 valence electrons. The lowest BCUT2D eigenvalue weighted by atomic mass is 10.1. The van der Waals surface area contributed by atoms with E-state index in [-0.39, 0.29) is 18.4 Å². The minimum Gasteiger partial charge on any atom is -0.454 e. The SMILES string of the molecule is CC(Nc1cnn(CCO)c1)c1ccc(Oc2ccccc2)c(F)c1. The lowest BCUT2D eigenvalue weighted by Gasteiger charge is -2.15. The van der Waals surface area contributed by atoms with Crippen LogP contribution in [0.4, 0.5) is 10.1 Å². The van der Waals surface area contributed by atoms with E-state index < -0.39 is 5.82 Å². The van der Waals surface area contributed by atoms with Crippen molar-refractivity contribution in [2.45, 2.75) is 19.5 Å². The molecule has 0 saturated carbocycles. The van der Waals surface area contributed by atoms with Crippen LogP contribution in [0.1, 0.15) is 18.5 Å². The molecule has 0 aliphatic rings.